The molecule has 0 aromatic heterocycles. The number of benzene rings is 1. The van der Waals surface area contributed by atoms with Gasteiger partial charge in [-0.05, 0) is 37.3 Å². The number of para-hydroxylation sites is 1. The molecule has 0 spiro atoms. The molecule has 1 aromatic carbocycles. The van der Waals surface area contributed by atoms with E-state index >= 15 is 0 Å². The molecule has 1 saturated heterocycles. The van der Waals surface area contributed by atoms with Crippen LogP contribution < -0.4 is 10.1 Å². The molecule has 7 heteroatoms. The Bertz CT molecular complexity index is 667. The average molecular weight is 368 g/mol. The van der Waals surface area contributed by atoms with Crippen LogP contribution in [0, 0.1) is 5.92 Å². The van der Waals surface area contributed by atoms with E-state index in [0.29, 0.717) is 45.3 Å². The number of carbonyl (C=O) groups is 1. The zero-order valence-electron chi connectivity index (χ0n) is 15.0. The molecule has 140 valence electrons. The second-order valence-corrected chi connectivity index (χ2v) is 8.43. The Morgan fingerprint density at radius 2 is 1.96 bits per heavy atom. The second-order valence-electron chi connectivity index (χ2n) is 6.34. The van der Waals surface area contributed by atoms with Crippen molar-refractivity contribution in [3.8, 4) is 5.75 Å². The molecule has 1 aliphatic rings. The van der Waals surface area contributed by atoms with Crippen molar-refractivity contribution in [3.05, 3.63) is 29.8 Å². The summed E-state index contributed by atoms with van der Waals surface area (Å²) in [6.07, 6.45) is 2.50. The number of nitrogens with zero attached hydrogens (tertiary/aromatic N) is 1. The molecule has 2 rings (SSSR count). The zero-order chi connectivity index (χ0) is 18.3. The van der Waals surface area contributed by atoms with Crippen molar-refractivity contribution in [2.24, 2.45) is 5.92 Å². The molecule has 0 saturated carbocycles. The van der Waals surface area contributed by atoms with Crippen molar-refractivity contribution in [3.63, 3.8) is 0 Å². The van der Waals surface area contributed by atoms with E-state index in [0.717, 1.165) is 11.3 Å². The van der Waals surface area contributed by atoms with Crippen LogP contribution >= 0.6 is 0 Å². The molecule has 1 aromatic rings. The summed E-state index contributed by atoms with van der Waals surface area (Å²) in [5.74, 6) is 0.919. The number of hydrogen-bond donors (Lipinski definition) is 1. The Kier molecular flexibility index (Phi) is 7.25. The fraction of sp³-hybridized carbons (Fsp3) is 0.611. The first kappa shape index (κ1) is 19.7. The summed E-state index contributed by atoms with van der Waals surface area (Å²) < 4.78 is 31.0. The zero-order valence-corrected chi connectivity index (χ0v) is 15.8. The number of rotatable bonds is 8. The highest BCUT2D eigenvalue weighted by Crippen LogP contribution is 2.21. The molecule has 0 atom stereocenters. The van der Waals surface area contributed by atoms with Gasteiger partial charge < -0.3 is 10.1 Å². The molecule has 1 aliphatic heterocycles. The highest BCUT2D eigenvalue weighted by Gasteiger charge is 2.30. The molecule has 1 fully saturated rings. The number of sulfonamides is 1. The smallest absolute Gasteiger partial charge is 0.223 e. The van der Waals surface area contributed by atoms with Crippen LogP contribution in [-0.4, -0.2) is 51.1 Å². The Balaban J connectivity index is 1.77. The number of hydrogen-bond acceptors (Lipinski definition) is 4. The lowest BCUT2D eigenvalue weighted by molar-refractivity contribution is -0.126. The van der Waals surface area contributed by atoms with Gasteiger partial charge in [-0.25, -0.2) is 12.7 Å². The number of nitrogens with one attached hydrogen (secondary N) is 1. The lowest BCUT2D eigenvalue weighted by Gasteiger charge is -2.30. The maximum Gasteiger partial charge on any atom is 0.223 e. The minimum absolute atomic E-state index is 0.0161. The van der Waals surface area contributed by atoms with Gasteiger partial charge in [0.15, 0.2) is 0 Å². The van der Waals surface area contributed by atoms with E-state index in [2.05, 4.69) is 5.32 Å². The second kappa shape index (κ2) is 9.20. The predicted molar refractivity (Wildman–Crippen MR) is 98.1 cm³/mol. The summed E-state index contributed by atoms with van der Waals surface area (Å²) in [6.45, 7) is 3.28. The van der Waals surface area contributed by atoms with Gasteiger partial charge in [0.25, 0.3) is 0 Å². The van der Waals surface area contributed by atoms with E-state index in [-0.39, 0.29) is 17.6 Å². The van der Waals surface area contributed by atoms with Crippen LogP contribution in [0.4, 0.5) is 0 Å². The summed E-state index contributed by atoms with van der Waals surface area (Å²) in [4.78, 5) is 12.3. The molecule has 1 amide bonds. The normalized spacial score (nSPS) is 16.6. The fourth-order valence-corrected chi connectivity index (χ4v) is 4.70. The first-order valence-electron chi connectivity index (χ1n) is 8.85. The van der Waals surface area contributed by atoms with Crippen LogP contribution in [-0.2, 0) is 21.2 Å². The molecule has 1 N–H and O–H groups in total. The first-order chi connectivity index (χ1) is 12.0. The molecule has 1 heterocycles. The van der Waals surface area contributed by atoms with Crippen molar-refractivity contribution in [2.45, 2.75) is 32.6 Å². The summed E-state index contributed by atoms with van der Waals surface area (Å²) in [5, 5.41) is 2.97. The predicted octanol–water partition coefficient (Wildman–Crippen LogP) is 1.81. The number of amides is 1. The molecule has 0 bridgehead atoms. The molecular formula is C18H28N2O4S. The van der Waals surface area contributed by atoms with Crippen molar-refractivity contribution in [2.75, 3.05) is 32.5 Å². The third-order valence-electron chi connectivity index (χ3n) is 4.57. The first-order valence-corrected chi connectivity index (χ1v) is 10.5. The highest BCUT2D eigenvalue weighted by molar-refractivity contribution is 7.89. The van der Waals surface area contributed by atoms with Gasteiger partial charge in [-0.2, -0.15) is 0 Å². The van der Waals surface area contributed by atoms with Gasteiger partial charge >= 0.3 is 0 Å². The average Bonchev–Trinajstić information content (AvgIpc) is 2.62. The monoisotopic (exact) mass is 368 g/mol. The van der Waals surface area contributed by atoms with E-state index in [4.69, 9.17) is 4.74 Å². The Labute approximate surface area is 150 Å². The largest absolute Gasteiger partial charge is 0.496 e. The van der Waals surface area contributed by atoms with Gasteiger partial charge in [-0.15, -0.1) is 0 Å². The molecule has 0 aliphatic carbocycles. The van der Waals surface area contributed by atoms with Gasteiger partial charge in [-0.3, -0.25) is 4.79 Å². The van der Waals surface area contributed by atoms with Crippen LogP contribution in [0.15, 0.2) is 24.3 Å². The fourth-order valence-electron chi connectivity index (χ4n) is 3.16. The summed E-state index contributed by atoms with van der Waals surface area (Å²) in [6, 6.07) is 7.76. The molecule has 6 nitrogen and oxygen atoms in total. The van der Waals surface area contributed by atoms with Crippen LogP contribution in [0.1, 0.15) is 31.7 Å². The van der Waals surface area contributed by atoms with Crippen LogP contribution in [0.5, 0.6) is 5.75 Å². The van der Waals surface area contributed by atoms with E-state index in [9.17, 15) is 13.2 Å². The standard InChI is InChI=1S/C18H28N2O4S/c1-3-14-25(22,23)20-12-9-16(10-13-20)18(21)19-11-8-15-6-4-5-7-17(15)24-2/h4-7,16H,3,8-14H2,1-2H3,(H,19,21). The molecule has 0 radical (unpaired) electrons. The third-order valence-corrected chi connectivity index (χ3v) is 6.64. The minimum atomic E-state index is -3.16. The van der Waals surface area contributed by atoms with Gasteiger partial charge in [0.2, 0.25) is 15.9 Å². The lowest BCUT2D eigenvalue weighted by Crippen LogP contribution is -2.44. The van der Waals surface area contributed by atoms with E-state index in [1.165, 1.54) is 4.31 Å². The lowest BCUT2D eigenvalue weighted by atomic mass is 9.97. The summed E-state index contributed by atoms with van der Waals surface area (Å²) in [5.41, 5.74) is 1.06. The number of piperidine rings is 1. The van der Waals surface area contributed by atoms with Crippen LogP contribution in [0.3, 0.4) is 0 Å². The Hall–Kier alpha value is -1.60. The number of methoxy groups -OCH3 is 1. The van der Waals surface area contributed by atoms with Gasteiger partial charge in [-0.1, -0.05) is 25.1 Å². The van der Waals surface area contributed by atoms with Crippen LogP contribution in [0.25, 0.3) is 0 Å². The molecular weight excluding hydrogens is 340 g/mol. The quantitative estimate of drug-likeness (QED) is 0.759. The molecule has 25 heavy (non-hydrogen) atoms. The van der Waals surface area contributed by atoms with Crippen molar-refractivity contribution < 1.29 is 17.9 Å². The highest BCUT2D eigenvalue weighted by atomic mass is 32.2. The van der Waals surface area contributed by atoms with Gasteiger partial charge in [0.05, 0.1) is 12.9 Å². The van der Waals surface area contributed by atoms with Crippen molar-refractivity contribution >= 4 is 15.9 Å². The van der Waals surface area contributed by atoms with Crippen molar-refractivity contribution in [1.82, 2.24) is 9.62 Å². The maximum absolute atomic E-state index is 12.3. The summed E-state index contributed by atoms with van der Waals surface area (Å²) in [7, 11) is -1.52. The topological polar surface area (TPSA) is 75.7 Å². The third kappa shape index (κ3) is 5.44. The van der Waals surface area contributed by atoms with Crippen molar-refractivity contribution in [1.29, 1.82) is 0 Å². The number of ether oxygens (including phenoxy) is 1. The minimum Gasteiger partial charge on any atom is -0.496 e. The van der Waals surface area contributed by atoms with E-state index in [1.807, 2.05) is 31.2 Å². The Morgan fingerprint density at radius 1 is 1.28 bits per heavy atom. The van der Waals surface area contributed by atoms with E-state index in [1.54, 1.807) is 7.11 Å². The van der Waals surface area contributed by atoms with Gasteiger partial charge in [0.1, 0.15) is 5.75 Å². The SMILES string of the molecule is CCCS(=O)(=O)N1CCC(C(=O)NCCc2ccccc2OC)CC1. The maximum atomic E-state index is 12.3. The Morgan fingerprint density at radius 3 is 2.60 bits per heavy atom. The van der Waals surface area contributed by atoms with Crippen LogP contribution in [0.2, 0.25) is 0 Å². The molecule has 0 unspecified atom stereocenters. The van der Waals surface area contributed by atoms with Gasteiger partial charge in [0, 0.05) is 25.6 Å². The summed E-state index contributed by atoms with van der Waals surface area (Å²) >= 11 is 0. The van der Waals surface area contributed by atoms with E-state index < -0.39 is 10.0 Å². The number of carbonyl (C=O) groups excluding carboxylic acids is 1.